The van der Waals surface area contributed by atoms with Crippen LogP contribution in [0, 0.1) is 13.8 Å². The third-order valence-electron chi connectivity index (χ3n) is 7.50. The highest BCUT2D eigenvalue weighted by Crippen LogP contribution is 2.32. The fourth-order valence-electron chi connectivity index (χ4n) is 5.29. The van der Waals surface area contributed by atoms with Gasteiger partial charge in [0.05, 0.1) is 11.4 Å². The van der Waals surface area contributed by atoms with Crippen LogP contribution < -0.4 is 5.32 Å². The molecule has 2 saturated heterocycles. The van der Waals surface area contributed by atoms with Gasteiger partial charge in [0.1, 0.15) is 0 Å². The van der Waals surface area contributed by atoms with Crippen LogP contribution in [-0.2, 0) is 9.47 Å². The molecule has 4 aromatic rings. The molecule has 0 radical (unpaired) electrons. The molecular formula is C31H35N5O3. The molecule has 202 valence electrons. The molecule has 8 heteroatoms. The van der Waals surface area contributed by atoms with Crippen molar-refractivity contribution in [3.63, 3.8) is 0 Å². The molecule has 0 saturated carbocycles. The quantitative estimate of drug-likeness (QED) is 0.304. The van der Waals surface area contributed by atoms with Crippen LogP contribution in [0.1, 0.15) is 72.6 Å². The molecule has 2 aromatic heterocycles. The van der Waals surface area contributed by atoms with E-state index in [9.17, 15) is 4.79 Å². The Morgan fingerprint density at radius 1 is 0.744 bits per heavy atom. The maximum atomic E-state index is 13.5. The van der Waals surface area contributed by atoms with E-state index in [0.29, 0.717) is 24.7 Å². The Bertz CT molecular complexity index is 1430. The highest BCUT2D eigenvalue weighted by atomic mass is 16.5. The summed E-state index contributed by atoms with van der Waals surface area (Å²) in [6.45, 7) is 5.54. The van der Waals surface area contributed by atoms with Gasteiger partial charge in [0.2, 0.25) is 0 Å². The lowest BCUT2D eigenvalue weighted by molar-refractivity contribution is -0.0385. The number of carbonyl (C=O) groups excluding carboxylic acids is 1. The predicted molar refractivity (Wildman–Crippen MR) is 150 cm³/mol. The Kier molecular flexibility index (Phi) is 7.30. The number of anilines is 1. The third-order valence-corrected chi connectivity index (χ3v) is 7.50. The number of rotatable bonds is 6. The lowest BCUT2D eigenvalue weighted by Crippen LogP contribution is -2.21. The Morgan fingerprint density at radius 3 is 1.77 bits per heavy atom. The molecule has 1 amide bonds. The number of ether oxygens (including phenoxy) is 2. The van der Waals surface area contributed by atoms with E-state index in [1.54, 1.807) is 0 Å². The number of aromatic nitrogens is 4. The molecule has 0 aliphatic carbocycles. The van der Waals surface area contributed by atoms with Crippen molar-refractivity contribution in [1.82, 2.24) is 19.6 Å². The van der Waals surface area contributed by atoms with Crippen LogP contribution >= 0.6 is 0 Å². The van der Waals surface area contributed by atoms with E-state index in [1.165, 1.54) is 11.1 Å². The molecule has 2 unspecified atom stereocenters. The molecule has 1 N–H and O–H groups in total. The van der Waals surface area contributed by atoms with Crippen molar-refractivity contribution in [2.45, 2.75) is 64.8 Å². The lowest BCUT2D eigenvalue weighted by atomic mass is 10.1. The molecule has 2 aromatic carbocycles. The molecule has 6 rings (SSSR count). The highest BCUT2D eigenvalue weighted by molar-refractivity contribution is 6.03. The number of hydrogen-bond donors (Lipinski definition) is 1. The van der Waals surface area contributed by atoms with Crippen molar-refractivity contribution in [2.24, 2.45) is 0 Å². The van der Waals surface area contributed by atoms with Gasteiger partial charge >= 0.3 is 0 Å². The first kappa shape index (κ1) is 25.5. The number of nitrogens with one attached hydrogen (secondary N) is 1. The van der Waals surface area contributed by atoms with Crippen LogP contribution in [-0.4, -0.2) is 38.7 Å². The zero-order valence-electron chi connectivity index (χ0n) is 22.6. The average Bonchev–Trinajstić information content (AvgIpc) is 3.60. The summed E-state index contributed by atoms with van der Waals surface area (Å²) >= 11 is 0. The number of benzene rings is 2. The Hall–Kier alpha value is -3.75. The number of carbonyl (C=O) groups is 1. The summed E-state index contributed by atoms with van der Waals surface area (Å²) in [6.07, 6.45) is 5.67. The van der Waals surface area contributed by atoms with Crippen molar-refractivity contribution in [3.05, 3.63) is 77.5 Å². The molecule has 4 heterocycles. The Labute approximate surface area is 228 Å². The first-order valence-electron chi connectivity index (χ1n) is 13.9. The van der Waals surface area contributed by atoms with Crippen molar-refractivity contribution in [1.29, 1.82) is 0 Å². The van der Waals surface area contributed by atoms with E-state index >= 15 is 0 Å². The molecule has 39 heavy (non-hydrogen) atoms. The lowest BCUT2D eigenvalue weighted by Gasteiger charge is -2.24. The topological polar surface area (TPSA) is 83.2 Å². The van der Waals surface area contributed by atoms with E-state index in [0.717, 1.165) is 61.0 Å². The van der Waals surface area contributed by atoms with Crippen molar-refractivity contribution in [3.8, 4) is 22.5 Å². The number of aryl methyl sites for hydroxylation is 2. The van der Waals surface area contributed by atoms with Gasteiger partial charge in [-0.25, -0.2) is 9.36 Å². The van der Waals surface area contributed by atoms with Gasteiger partial charge in [0, 0.05) is 24.8 Å². The summed E-state index contributed by atoms with van der Waals surface area (Å²) < 4.78 is 15.9. The predicted octanol–water partition coefficient (Wildman–Crippen LogP) is 6.68. The van der Waals surface area contributed by atoms with Gasteiger partial charge in [0.15, 0.2) is 24.0 Å². The van der Waals surface area contributed by atoms with E-state index < -0.39 is 0 Å². The van der Waals surface area contributed by atoms with Crippen LogP contribution in [0.15, 0.2) is 60.7 Å². The fourth-order valence-corrected chi connectivity index (χ4v) is 5.29. The number of hydrogen-bond acceptors (Lipinski definition) is 5. The largest absolute Gasteiger partial charge is 0.356 e. The maximum Gasteiger partial charge on any atom is 0.277 e. The fraction of sp³-hybridized carbons (Fsp3) is 0.387. The SMILES string of the molecule is Cc1ccc(-c2cc(NC(=O)c3cc(-c4ccc(C)cc4)n(C4CCCCO4)n3)nn2C2CCCCO2)cc1. The van der Waals surface area contributed by atoms with E-state index in [-0.39, 0.29) is 18.4 Å². The minimum absolute atomic E-state index is 0.156. The van der Waals surface area contributed by atoms with Gasteiger partial charge < -0.3 is 14.8 Å². The molecule has 2 fully saturated rings. The van der Waals surface area contributed by atoms with Gasteiger partial charge in [-0.3, -0.25) is 4.79 Å². The summed E-state index contributed by atoms with van der Waals surface area (Å²) in [5.41, 5.74) is 6.52. The summed E-state index contributed by atoms with van der Waals surface area (Å²) in [5, 5.41) is 12.5. The van der Waals surface area contributed by atoms with Gasteiger partial charge in [-0.15, -0.1) is 0 Å². The van der Waals surface area contributed by atoms with Crippen molar-refractivity contribution < 1.29 is 14.3 Å². The standard InChI is InChI=1S/C31H35N5O3/c1-21-9-13-23(14-10-21)26-19-25(33-35(26)29-7-3-5-17-38-29)31(37)32-28-20-27(24-15-11-22(2)12-16-24)36(34-28)30-8-4-6-18-39-30/h9-16,19-20,29-30H,3-8,17-18H2,1-2H3,(H,32,34,37). The second-order valence-corrected chi connectivity index (χ2v) is 10.5. The van der Waals surface area contributed by atoms with E-state index in [4.69, 9.17) is 19.7 Å². The van der Waals surface area contributed by atoms with Crippen LogP contribution in [0.25, 0.3) is 22.5 Å². The Morgan fingerprint density at radius 2 is 1.26 bits per heavy atom. The second kappa shape index (κ2) is 11.2. The molecular weight excluding hydrogens is 490 g/mol. The van der Waals surface area contributed by atoms with Crippen molar-refractivity contribution in [2.75, 3.05) is 18.5 Å². The summed E-state index contributed by atoms with van der Waals surface area (Å²) in [7, 11) is 0. The first-order chi connectivity index (χ1) is 19.0. The summed E-state index contributed by atoms with van der Waals surface area (Å²) in [6, 6.07) is 20.4. The van der Waals surface area contributed by atoms with Crippen LogP contribution in [0.2, 0.25) is 0 Å². The van der Waals surface area contributed by atoms with Crippen LogP contribution in [0.4, 0.5) is 5.82 Å². The average molecular weight is 526 g/mol. The maximum absolute atomic E-state index is 13.5. The van der Waals surface area contributed by atoms with Gasteiger partial charge in [-0.2, -0.15) is 10.2 Å². The normalized spacial score (nSPS) is 19.6. The molecule has 2 atom stereocenters. The molecule has 0 spiro atoms. The van der Waals surface area contributed by atoms with Crippen molar-refractivity contribution >= 4 is 11.7 Å². The van der Waals surface area contributed by atoms with E-state index in [1.807, 2.05) is 21.5 Å². The molecule has 2 aliphatic rings. The summed E-state index contributed by atoms with van der Waals surface area (Å²) in [4.78, 5) is 13.5. The smallest absolute Gasteiger partial charge is 0.277 e. The molecule has 0 bridgehead atoms. The summed E-state index contributed by atoms with van der Waals surface area (Å²) in [5.74, 6) is 0.174. The van der Waals surface area contributed by atoms with Gasteiger partial charge in [0.25, 0.3) is 5.91 Å². The molecule has 2 aliphatic heterocycles. The highest BCUT2D eigenvalue weighted by Gasteiger charge is 2.26. The number of nitrogens with zero attached hydrogens (tertiary/aromatic N) is 4. The Balaban J connectivity index is 1.32. The zero-order chi connectivity index (χ0) is 26.8. The zero-order valence-corrected chi connectivity index (χ0v) is 22.6. The van der Waals surface area contributed by atoms with Crippen LogP contribution in [0.3, 0.4) is 0 Å². The van der Waals surface area contributed by atoms with Gasteiger partial charge in [-0.1, -0.05) is 59.7 Å². The first-order valence-corrected chi connectivity index (χ1v) is 13.9. The van der Waals surface area contributed by atoms with Crippen LogP contribution in [0.5, 0.6) is 0 Å². The second-order valence-electron chi connectivity index (χ2n) is 10.5. The number of amides is 1. The minimum atomic E-state index is -0.303. The van der Waals surface area contributed by atoms with Gasteiger partial charge in [-0.05, 0) is 64.0 Å². The van der Waals surface area contributed by atoms with E-state index in [2.05, 4.69) is 67.7 Å². The third kappa shape index (κ3) is 5.53. The monoisotopic (exact) mass is 525 g/mol. The minimum Gasteiger partial charge on any atom is -0.356 e. The molecule has 8 nitrogen and oxygen atoms in total.